The van der Waals surface area contributed by atoms with Gasteiger partial charge in [0, 0.05) is 30.7 Å². The van der Waals surface area contributed by atoms with E-state index in [2.05, 4.69) is 0 Å². The molecular formula is C11H14Cl2N2O. The number of nitrogens with zero attached hydrogens (tertiary/aromatic N) is 1. The van der Waals surface area contributed by atoms with Crippen molar-refractivity contribution in [3.05, 3.63) is 33.8 Å². The summed E-state index contributed by atoms with van der Waals surface area (Å²) in [6, 6.07) is 5.06. The SMILES string of the molecule is CN(C)C(=O)C(CN)c1ccc(Cl)cc1Cl. The maximum atomic E-state index is 11.9. The summed E-state index contributed by atoms with van der Waals surface area (Å²) in [6.45, 7) is 0.221. The number of amides is 1. The first-order chi connectivity index (χ1) is 7.47. The molecule has 0 aliphatic heterocycles. The van der Waals surface area contributed by atoms with E-state index in [1.165, 1.54) is 4.90 Å². The van der Waals surface area contributed by atoms with Crippen molar-refractivity contribution >= 4 is 29.1 Å². The minimum absolute atomic E-state index is 0.0632. The number of nitrogens with two attached hydrogens (primary N) is 1. The first-order valence-electron chi connectivity index (χ1n) is 4.83. The Hall–Kier alpha value is -0.770. The Kier molecular flexibility index (Phi) is 4.59. The minimum atomic E-state index is -0.417. The van der Waals surface area contributed by atoms with Gasteiger partial charge in [-0.15, -0.1) is 0 Å². The normalized spacial score (nSPS) is 12.3. The summed E-state index contributed by atoms with van der Waals surface area (Å²) in [5, 5.41) is 1.01. The van der Waals surface area contributed by atoms with Crippen LogP contribution in [0.3, 0.4) is 0 Å². The Bertz CT molecular complexity index is 394. The number of benzene rings is 1. The van der Waals surface area contributed by atoms with E-state index in [9.17, 15) is 4.79 Å². The molecule has 0 heterocycles. The van der Waals surface area contributed by atoms with Crippen molar-refractivity contribution < 1.29 is 4.79 Å². The van der Waals surface area contributed by atoms with Crippen molar-refractivity contribution in [3.63, 3.8) is 0 Å². The highest BCUT2D eigenvalue weighted by molar-refractivity contribution is 6.35. The van der Waals surface area contributed by atoms with E-state index in [1.54, 1.807) is 32.3 Å². The van der Waals surface area contributed by atoms with Crippen LogP contribution in [0.5, 0.6) is 0 Å². The van der Waals surface area contributed by atoms with Crippen LogP contribution < -0.4 is 5.73 Å². The van der Waals surface area contributed by atoms with Crippen LogP contribution in [0.25, 0.3) is 0 Å². The van der Waals surface area contributed by atoms with Gasteiger partial charge in [0.05, 0.1) is 5.92 Å². The highest BCUT2D eigenvalue weighted by Gasteiger charge is 2.22. The van der Waals surface area contributed by atoms with Crippen molar-refractivity contribution in [2.24, 2.45) is 5.73 Å². The summed E-state index contributed by atoms with van der Waals surface area (Å²) in [7, 11) is 3.38. The molecule has 0 aliphatic carbocycles. The van der Waals surface area contributed by atoms with Crippen molar-refractivity contribution in [2.75, 3.05) is 20.6 Å². The van der Waals surface area contributed by atoms with E-state index in [1.807, 2.05) is 0 Å². The molecule has 5 heteroatoms. The van der Waals surface area contributed by atoms with Crippen LogP contribution in [0.15, 0.2) is 18.2 Å². The molecule has 1 rings (SSSR count). The molecule has 0 aliphatic rings. The molecule has 1 atom stereocenters. The van der Waals surface area contributed by atoms with Gasteiger partial charge in [-0.3, -0.25) is 4.79 Å². The summed E-state index contributed by atoms with van der Waals surface area (Å²) < 4.78 is 0. The van der Waals surface area contributed by atoms with E-state index in [0.29, 0.717) is 15.6 Å². The topological polar surface area (TPSA) is 46.3 Å². The number of carbonyl (C=O) groups is 1. The lowest BCUT2D eigenvalue weighted by Crippen LogP contribution is -2.32. The molecule has 0 aromatic heterocycles. The molecular weight excluding hydrogens is 247 g/mol. The quantitative estimate of drug-likeness (QED) is 0.905. The van der Waals surface area contributed by atoms with E-state index < -0.39 is 5.92 Å². The molecule has 0 radical (unpaired) electrons. The lowest BCUT2D eigenvalue weighted by molar-refractivity contribution is -0.130. The van der Waals surface area contributed by atoms with Crippen molar-refractivity contribution in [1.82, 2.24) is 4.90 Å². The summed E-state index contributed by atoms with van der Waals surface area (Å²) in [5.41, 5.74) is 6.33. The van der Waals surface area contributed by atoms with Crippen LogP contribution in [0.2, 0.25) is 10.0 Å². The van der Waals surface area contributed by atoms with Gasteiger partial charge >= 0.3 is 0 Å². The summed E-state index contributed by atoms with van der Waals surface area (Å²) in [5.74, 6) is -0.480. The molecule has 16 heavy (non-hydrogen) atoms. The molecule has 1 amide bonds. The Balaban J connectivity index is 3.09. The summed E-state index contributed by atoms with van der Waals surface area (Å²) in [6.07, 6.45) is 0. The van der Waals surface area contributed by atoms with Crippen LogP contribution in [-0.2, 0) is 4.79 Å². The third-order valence-corrected chi connectivity index (χ3v) is 2.87. The highest BCUT2D eigenvalue weighted by Crippen LogP contribution is 2.28. The largest absolute Gasteiger partial charge is 0.348 e. The zero-order chi connectivity index (χ0) is 12.3. The minimum Gasteiger partial charge on any atom is -0.348 e. The lowest BCUT2D eigenvalue weighted by Gasteiger charge is -2.20. The smallest absolute Gasteiger partial charge is 0.230 e. The average Bonchev–Trinajstić information content (AvgIpc) is 2.21. The molecule has 2 N–H and O–H groups in total. The van der Waals surface area contributed by atoms with Gasteiger partial charge in [0.15, 0.2) is 0 Å². The van der Waals surface area contributed by atoms with Gasteiger partial charge in [-0.1, -0.05) is 29.3 Å². The number of hydrogen-bond acceptors (Lipinski definition) is 2. The first kappa shape index (κ1) is 13.3. The predicted octanol–water partition coefficient (Wildman–Crippen LogP) is 2.12. The Morgan fingerprint density at radius 3 is 2.50 bits per heavy atom. The standard InChI is InChI=1S/C11H14Cl2N2O/c1-15(2)11(16)9(6-14)8-4-3-7(12)5-10(8)13/h3-5,9H,6,14H2,1-2H3. The van der Waals surface area contributed by atoms with Gasteiger partial charge in [0.1, 0.15) is 0 Å². The van der Waals surface area contributed by atoms with Crippen molar-refractivity contribution in [3.8, 4) is 0 Å². The zero-order valence-electron chi connectivity index (χ0n) is 9.21. The average molecular weight is 261 g/mol. The van der Waals surface area contributed by atoms with Crippen LogP contribution in [0.1, 0.15) is 11.5 Å². The third kappa shape index (κ3) is 2.88. The summed E-state index contributed by atoms with van der Waals surface area (Å²) >= 11 is 11.8. The molecule has 0 saturated heterocycles. The molecule has 88 valence electrons. The predicted molar refractivity (Wildman–Crippen MR) is 67.0 cm³/mol. The maximum absolute atomic E-state index is 11.9. The second-order valence-electron chi connectivity index (χ2n) is 3.69. The van der Waals surface area contributed by atoms with Crippen molar-refractivity contribution in [1.29, 1.82) is 0 Å². The first-order valence-corrected chi connectivity index (χ1v) is 5.59. The van der Waals surface area contributed by atoms with Gasteiger partial charge in [0.25, 0.3) is 0 Å². The molecule has 0 saturated carbocycles. The van der Waals surface area contributed by atoms with Gasteiger partial charge in [-0.05, 0) is 17.7 Å². The summed E-state index contributed by atoms with van der Waals surface area (Å²) in [4.78, 5) is 13.4. The van der Waals surface area contributed by atoms with E-state index in [-0.39, 0.29) is 12.5 Å². The van der Waals surface area contributed by atoms with E-state index in [0.717, 1.165) is 0 Å². The zero-order valence-corrected chi connectivity index (χ0v) is 10.7. The van der Waals surface area contributed by atoms with Crippen LogP contribution in [0, 0.1) is 0 Å². The monoisotopic (exact) mass is 260 g/mol. The second kappa shape index (κ2) is 5.53. The maximum Gasteiger partial charge on any atom is 0.230 e. The molecule has 0 fully saturated rings. The van der Waals surface area contributed by atoms with E-state index in [4.69, 9.17) is 28.9 Å². The molecule has 3 nitrogen and oxygen atoms in total. The second-order valence-corrected chi connectivity index (χ2v) is 4.53. The number of hydrogen-bond donors (Lipinski definition) is 1. The van der Waals surface area contributed by atoms with Gasteiger partial charge < -0.3 is 10.6 Å². The Labute approximate surface area is 105 Å². The van der Waals surface area contributed by atoms with Crippen LogP contribution >= 0.6 is 23.2 Å². The number of likely N-dealkylation sites (N-methyl/N-ethyl adjacent to an activating group) is 1. The van der Waals surface area contributed by atoms with Crippen LogP contribution in [-0.4, -0.2) is 31.4 Å². The molecule has 1 aromatic carbocycles. The van der Waals surface area contributed by atoms with Gasteiger partial charge in [-0.25, -0.2) is 0 Å². The Morgan fingerprint density at radius 2 is 2.06 bits per heavy atom. The third-order valence-electron chi connectivity index (χ3n) is 2.31. The van der Waals surface area contributed by atoms with E-state index >= 15 is 0 Å². The fraction of sp³-hybridized carbons (Fsp3) is 0.364. The molecule has 1 unspecified atom stereocenters. The van der Waals surface area contributed by atoms with Gasteiger partial charge in [0.2, 0.25) is 5.91 Å². The number of carbonyl (C=O) groups excluding carboxylic acids is 1. The van der Waals surface area contributed by atoms with Gasteiger partial charge in [-0.2, -0.15) is 0 Å². The van der Waals surface area contributed by atoms with Crippen LogP contribution in [0.4, 0.5) is 0 Å². The molecule has 0 spiro atoms. The highest BCUT2D eigenvalue weighted by atomic mass is 35.5. The lowest BCUT2D eigenvalue weighted by atomic mass is 9.98. The molecule has 1 aromatic rings. The Morgan fingerprint density at radius 1 is 1.44 bits per heavy atom. The van der Waals surface area contributed by atoms with Crippen molar-refractivity contribution in [2.45, 2.75) is 5.92 Å². The fourth-order valence-electron chi connectivity index (χ4n) is 1.46. The number of halogens is 2. The number of rotatable bonds is 3. The molecule has 0 bridgehead atoms. The fourth-order valence-corrected chi connectivity index (χ4v) is 2.00.